The smallest absolute Gasteiger partial charge is 0.410 e. The van der Waals surface area contributed by atoms with Gasteiger partial charge in [0.15, 0.2) is 5.75 Å². The van der Waals surface area contributed by atoms with E-state index in [0.717, 1.165) is 12.8 Å². The molecule has 0 spiro atoms. The molecule has 1 unspecified atom stereocenters. The summed E-state index contributed by atoms with van der Waals surface area (Å²) in [4.78, 5) is 36.2. The lowest BCUT2D eigenvalue weighted by Crippen LogP contribution is -2.44. The van der Waals surface area contributed by atoms with E-state index < -0.39 is 16.5 Å². The fraction of sp³-hybridized carbons (Fsp3) is 0.579. The number of nitro groups is 1. The van der Waals surface area contributed by atoms with Gasteiger partial charge in [0.1, 0.15) is 5.60 Å². The number of ether oxygens (including phenoxy) is 3. The molecule has 1 aliphatic heterocycles. The fourth-order valence-electron chi connectivity index (χ4n) is 2.93. The first-order valence-electron chi connectivity index (χ1n) is 9.08. The van der Waals surface area contributed by atoms with Crippen molar-refractivity contribution in [3.63, 3.8) is 0 Å². The molecule has 0 saturated carbocycles. The van der Waals surface area contributed by atoms with Gasteiger partial charge in [-0.1, -0.05) is 0 Å². The Morgan fingerprint density at radius 2 is 2.04 bits per heavy atom. The zero-order chi connectivity index (χ0) is 20.9. The number of rotatable bonds is 5. The van der Waals surface area contributed by atoms with E-state index in [2.05, 4.69) is 4.74 Å². The second-order valence-corrected chi connectivity index (χ2v) is 7.68. The van der Waals surface area contributed by atoms with Crippen molar-refractivity contribution in [3.05, 3.63) is 33.9 Å². The minimum Gasteiger partial charge on any atom is -0.486 e. The van der Waals surface area contributed by atoms with Crippen LogP contribution in [0.1, 0.15) is 44.0 Å². The van der Waals surface area contributed by atoms with Crippen molar-refractivity contribution in [1.82, 2.24) is 4.90 Å². The Morgan fingerprint density at radius 1 is 1.32 bits per heavy atom. The first-order valence-corrected chi connectivity index (χ1v) is 9.08. The number of carbonyl (C=O) groups is 2. The van der Waals surface area contributed by atoms with Crippen LogP contribution in [0, 0.1) is 16.0 Å². The molecule has 0 N–H and O–H groups in total. The summed E-state index contributed by atoms with van der Waals surface area (Å²) in [6.07, 6.45) is 1.23. The van der Waals surface area contributed by atoms with Gasteiger partial charge in [-0.15, -0.1) is 0 Å². The van der Waals surface area contributed by atoms with Crippen molar-refractivity contribution in [2.75, 3.05) is 26.8 Å². The topological polar surface area (TPSA) is 108 Å². The number of nitrogens with zero attached hydrogens (tertiary/aromatic N) is 2. The third kappa shape index (κ3) is 5.83. The zero-order valence-electron chi connectivity index (χ0n) is 16.6. The Bertz CT molecular complexity index is 742. The molecule has 1 heterocycles. The van der Waals surface area contributed by atoms with E-state index >= 15 is 0 Å². The van der Waals surface area contributed by atoms with Crippen molar-refractivity contribution in [3.8, 4) is 5.75 Å². The molecule has 28 heavy (non-hydrogen) atoms. The Balaban J connectivity index is 2.05. The lowest BCUT2D eigenvalue weighted by molar-refractivity contribution is -0.385. The second kappa shape index (κ2) is 8.90. The molecule has 1 aromatic rings. The molecule has 1 aromatic carbocycles. The van der Waals surface area contributed by atoms with Crippen molar-refractivity contribution < 1.29 is 28.7 Å². The first kappa shape index (κ1) is 21.5. The van der Waals surface area contributed by atoms with Crippen LogP contribution in [0.3, 0.4) is 0 Å². The Labute approximate surface area is 163 Å². The largest absolute Gasteiger partial charge is 0.486 e. The highest BCUT2D eigenvalue weighted by Gasteiger charge is 2.28. The molecule has 0 radical (unpaired) electrons. The summed E-state index contributed by atoms with van der Waals surface area (Å²) in [7, 11) is 1.23. The van der Waals surface area contributed by atoms with E-state index in [1.54, 1.807) is 4.90 Å². The molecule has 154 valence electrons. The standard InChI is InChI=1S/C19H26N2O7/c1-19(2,3)28-18(23)20-9-5-6-13(11-20)12-27-16-10-14(17(22)26-4)7-8-15(16)21(24)25/h7-8,10,13H,5-6,9,11-12H2,1-4H3. The molecule has 0 bridgehead atoms. The number of amides is 1. The van der Waals surface area contributed by atoms with Gasteiger partial charge >= 0.3 is 17.7 Å². The summed E-state index contributed by atoms with van der Waals surface area (Å²) in [6.45, 7) is 6.65. The molecule has 0 aromatic heterocycles. The Hall–Kier alpha value is -2.84. The van der Waals surface area contributed by atoms with Crippen molar-refractivity contribution in [2.24, 2.45) is 5.92 Å². The van der Waals surface area contributed by atoms with Gasteiger partial charge in [-0.25, -0.2) is 9.59 Å². The molecule has 1 saturated heterocycles. The Kier molecular flexibility index (Phi) is 6.82. The summed E-state index contributed by atoms with van der Waals surface area (Å²) in [5.74, 6) is -0.599. The van der Waals surface area contributed by atoms with E-state index in [0.29, 0.717) is 13.1 Å². The molecule has 2 rings (SSSR count). The van der Waals surface area contributed by atoms with Gasteiger partial charge in [-0.05, 0) is 39.7 Å². The number of likely N-dealkylation sites (tertiary alicyclic amines) is 1. The quantitative estimate of drug-likeness (QED) is 0.428. The van der Waals surface area contributed by atoms with Gasteiger partial charge in [-0.2, -0.15) is 0 Å². The SMILES string of the molecule is COC(=O)c1ccc([N+](=O)[O-])c(OCC2CCCN(C(=O)OC(C)(C)C)C2)c1. The van der Waals surface area contributed by atoms with Crippen LogP contribution < -0.4 is 4.74 Å². The summed E-state index contributed by atoms with van der Waals surface area (Å²) in [5, 5.41) is 11.2. The monoisotopic (exact) mass is 394 g/mol. The van der Waals surface area contributed by atoms with Crippen LogP contribution in [0.2, 0.25) is 0 Å². The fourth-order valence-corrected chi connectivity index (χ4v) is 2.93. The van der Waals surface area contributed by atoms with E-state index in [1.165, 1.54) is 25.3 Å². The van der Waals surface area contributed by atoms with Gasteiger partial charge in [0.05, 0.1) is 24.2 Å². The van der Waals surface area contributed by atoms with Crippen LogP contribution in [0.4, 0.5) is 10.5 Å². The lowest BCUT2D eigenvalue weighted by atomic mass is 9.99. The molecular weight excluding hydrogens is 368 g/mol. The maximum Gasteiger partial charge on any atom is 0.410 e. The average molecular weight is 394 g/mol. The van der Waals surface area contributed by atoms with Gasteiger partial charge in [-0.3, -0.25) is 10.1 Å². The van der Waals surface area contributed by atoms with E-state index in [9.17, 15) is 19.7 Å². The zero-order valence-corrected chi connectivity index (χ0v) is 16.6. The third-order valence-electron chi connectivity index (χ3n) is 4.22. The van der Waals surface area contributed by atoms with Gasteiger partial charge in [0, 0.05) is 31.1 Å². The number of piperidine rings is 1. The van der Waals surface area contributed by atoms with Crippen LogP contribution in [-0.4, -0.2) is 54.3 Å². The number of hydrogen-bond donors (Lipinski definition) is 0. The van der Waals surface area contributed by atoms with E-state index in [-0.39, 0.29) is 35.6 Å². The van der Waals surface area contributed by atoms with Crippen molar-refractivity contribution in [1.29, 1.82) is 0 Å². The molecule has 9 nitrogen and oxygen atoms in total. The molecule has 1 amide bonds. The van der Waals surface area contributed by atoms with Gasteiger partial charge in [0.25, 0.3) is 0 Å². The normalized spacial score (nSPS) is 17.0. The Morgan fingerprint density at radius 3 is 2.64 bits per heavy atom. The van der Waals surface area contributed by atoms with Crippen LogP contribution >= 0.6 is 0 Å². The van der Waals surface area contributed by atoms with E-state index in [1.807, 2.05) is 20.8 Å². The number of carbonyl (C=O) groups excluding carboxylic acids is 2. The highest BCUT2D eigenvalue weighted by atomic mass is 16.6. The summed E-state index contributed by atoms with van der Waals surface area (Å²) in [5.41, 5.74) is -0.635. The number of methoxy groups -OCH3 is 1. The minimum absolute atomic E-state index is 0.00212. The number of nitro benzene ring substituents is 1. The molecule has 1 atom stereocenters. The number of hydrogen-bond acceptors (Lipinski definition) is 7. The molecule has 1 fully saturated rings. The number of esters is 1. The lowest BCUT2D eigenvalue weighted by Gasteiger charge is -2.34. The number of benzene rings is 1. The van der Waals surface area contributed by atoms with Gasteiger partial charge < -0.3 is 19.1 Å². The molecule has 0 aliphatic carbocycles. The average Bonchev–Trinajstić information content (AvgIpc) is 2.64. The highest BCUT2D eigenvalue weighted by molar-refractivity contribution is 5.90. The van der Waals surface area contributed by atoms with Crippen LogP contribution in [0.5, 0.6) is 5.75 Å². The minimum atomic E-state index is -0.603. The molecule has 9 heteroatoms. The predicted molar refractivity (Wildman–Crippen MR) is 100 cm³/mol. The van der Waals surface area contributed by atoms with Crippen LogP contribution in [0.25, 0.3) is 0 Å². The van der Waals surface area contributed by atoms with Crippen molar-refractivity contribution >= 4 is 17.7 Å². The maximum atomic E-state index is 12.3. The maximum absolute atomic E-state index is 12.3. The predicted octanol–water partition coefficient (Wildman–Crippen LogP) is 3.41. The van der Waals surface area contributed by atoms with E-state index in [4.69, 9.17) is 9.47 Å². The summed E-state index contributed by atoms with van der Waals surface area (Å²) >= 11 is 0. The second-order valence-electron chi connectivity index (χ2n) is 7.68. The van der Waals surface area contributed by atoms with Crippen molar-refractivity contribution in [2.45, 2.75) is 39.2 Å². The third-order valence-corrected chi connectivity index (χ3v) is 4.22. The highest BCUT2D eigenvalue weighted by Crippen LogP contribution is 2.29. The summed E-state index contributed by atoms with van der Waals surface area (Å²) < 4.78 is 15.7. The molecule has 1 aliphatic rings. The van der Waals surface area contributed by atoms with Crippen LogP contribution in [-0.2, 0) is 9.47 Å². The van der Waals surface area contributed by atoms with Crippen LogP contribution in [0.15, 0.2) is 18.2 Å². The molecular formula is C19H26N2O7. The van der Waals surface area contributed by atoms with Gasteiger partial charge in [0.2, 0.25) is 0 Å². The summed E-state index contributed by atoms with van der Waals surface area (Å²) in [6, 6.07) is 3.84. The first-order chi connectivity index (χ1) is 13.1.